The summed E-state index contributed by atoms with van der Waals surface area (Å²) < 4.78 is 0. The number of rotatable bonds is 4. The van der Waals surface area contributed by atoms with E-state index in [1.807, 2.05) is 6.92 Å². The van der Waals surface area contributed by atoms with Gasteiger partial charge < -0.3 is 15.5 Å². The Balaban J connectivity index is 1.77. The van der Waals surface area contributed by atoms with Crippen LogP contribution in [0, 0.1) is 6.92 Å². The molecule has 1 saturated carbocycles. The number of hydrogen-bond donors (Lipinski definition) is 2. The molecule has 0 atom stereocenters. The molecule has 0 unspecified atom stereocenters. The Bertz CT molecular complexity index is 605. The van der Waals surface area contributed by atoms with Crippen LogP contribution in [0.4, 0.5) is 11.9 Å². The van der Waals surface area contributed by atoms with Gasteiger partial charge in [-0.05, 0) is 60.3 Å². The number of aryl methyl sites for hydroxylation is 1. The fourth-order valence-corrected chi connectivity index (χ4v) is 4.83. The molecule has 26 heavy (non-hydrogen) atoms. The first kappa shape index (κ1) is 19.3. The van der Waals surface area contributed by atoms with Gasteiger partial charge in [0.15, 0.2) is 0 Å². The molecule has 146 valence electrons. The Hall–Kier alpha value is -1.43. The number of nitrogens with one attached hydrogen (secondary N) is 2. The standard InChI is InChI=1S/C20H36N6/c1-14-21-17(23-15-10-8-7-9-11-15)24-18(22-14)26(6)16-12-19(2,3)25-20(4,5)13-16/h15-16,25H,7-13H2,1-6H3,(H,21,22,23,24). The first-order chi connectivity index (χ1) is 12.1. The molecule has 1 aliphatic heterocycles. The first-order valence-electron chi connectivity index (χ1n) is 10.1. The van der Waals surface area contributed by atoms with E-state index in [1.54, 1.807) is 0 Å². The van der Waals surface area contributed by atoms with E-state index < -0.39 is 0 Å². The molecule has 2 heterocycles. The zero-order valence-electron chi connectivity index (χ0n) is 17.4. The third-order valence-corrected chi connectivity index (χ3v) is 5.71. The molecule has 6 nitrogen and oxygen atoms in total. The summed E-state index contributed by atoms with van der Waals surface area (Å²) in [6.45, 7) is 11.1. The van der Waals surface area contributed by atoms with Gasteiger partial charge in [0.1, 0.15) is 5.82 Å². The van der Waals surface area contributed by atoms with Crippen LogP contribution >= 0.6 is 0 Å². The molecular weight excluding hydrogens is 324 g/mol. The molecule has 1 saturated heterocycles. The van der Waals surface area contributed by atoms with Gasteiger partial charge in [-0.15, -0.1) is 0 Å². The van der Waals surface area contributed by atoms with Gasteiger partial charge in [-0.1, -0.05) is 19.3 Å². The fourth-order valence-electron chi connectivity index (χ4n) is 4.83. The molecule has 2 N–H and O–H groups in total. The number of anilines is 2. The third-order valence-electron chi connectivity index (χ3n) is 5.71. The van der Waals surface area contributed by atoms with Crippen LogP contribution in [-0.2, 0) is 0 Å². The van der Waals surface area contributed by atoms with E-state index in [1.165, 1.54) is 32.1 Å². The largest absolute Gasteiger partial charge is 0.351 e. The monoisotopic (exact) mass is 360 g/mol. The molecule has 0 aromatic carbocycles. The van der Waals surface area contributed by atoms with Gasteiger partial charge in [0.2, 0.25) is 11.9 Å². The Morgan fingerprint density at radius 1 is 0.962 bits per heavy atom. The van der Waals surface area contributed by atoms with Crippen LogP contribution in [0.3, 0.4) is 0 Å². The van der Waals surface area contributed by atoms with Crippen molar-refractivity contribution in [1.29, 1.82) is 0 Å². The lowest BCUT2D eigenvalue weighted by atomic mass is 9.79. The van der Waals surface area contributed by atoms with Crippen molar-refractivity contribution in [3.63, 3.8) is 0 Å². The number of aromatic nitrogens is 3. The second-order valence-electron chi connectivity index (χ2n) is 9.55. The van der Waals surface area contributed by atoms with E-state index in [0.717, 1.165) is 30.6 Å². The normalized spacial score (nSPS) is 23.6. The lowest BCUT2D eigenvalue weighted by molar-refractivity contribution is 0.160. The highest BCUT2D eigenvalue weighted by Crippen LogP contribution is 2.32. The van der Waals surface area contributed by atoms with Gasteiger partial charge in [0.25, 0.3) is 0 Å². The smallest absolute Gasteiger partial charge is 0.230 e. The summed E-state index contributed by atoms with van der Waals surface area (Å²) in [5, 5.41) is 7.30. The van der Waals surface area contributed by atoms with Crippen molar-refractivity contribution < 1.29 is 0 Å². The minimum atomic E-state index is 0.103. The fraction of sp³-hybridized carbons (Fsp3) is 0.850. The van der Waals surface area contributed by atoms with Crippen LogP contribution in [0.15, 0.2) is 0 Å². The SMILES string of the molecule is Cc1nc(NC2CCCCC2)nc(N(C)C2CC(C)(C)NC(C)(C)C2)n1. The molecule has 3 rings (SSSR count). The summed E-state index contributed by atoms with van der Waals surface area (Å²) in [6, 6.07) is 0.908. The number of hydrogen-bond acceptors (Lipinski definition) is 6. The van der Waals surface area contributed by atoms with E-state index in [-0.39, 0.29) is 11.1 Å². The lowest BCUT2D eigenvalue weighted by Gasteiger charge is -2.48. The molecule has 6 heteroatoms. The molecule has 1 aliphatic carbocycles. The van der Waals surface area contributed by atoms with E-state index >= 15 is 0 Å². The van der Waals surface area contributed by atoms with E-state index in [0.29, 0.717) is 12.1 Å². The number of piperidine rings is 1. The zero-order chi connectivity index (χ0) is 18.9. The quantitative estimate of drug-likeness (QED) is 0.854. The van der Waals surface area contributed by atoms with E-state index in [4.69, 9.17) is 4.98 Å². The van der Waals surface area contributed by atoms with E-state index in [2.05, 4.69) is 60.2 Å². The summed E-state index contributed by atoms with van der Waals surface area (Å²) in [5.74, 6) is 2.31. The zero-order valence-corrected chi connectivity index (χ0v) is 17.4. The molecule has 1 aromatic rings. The van der Waals surface area contributed by atoms with Gasteiger partial charge in [-0.3, -0.25) is 0 Å². The maximum absolute atomic E-state index is 4.77. The molecular formula is C20H36N6. The summed E-state index contributed by atoms with van der Waals surface area (Å²) in [7, 11) is 2.13. The summed E-state index contributed by atoms with van der Waals surface area (Å²) in [6.07, 6.45) is 8.52. The average Bonchev–Trinajstić information content (AvgIpc) is 2.51. The molecule has 2 fully saturated rings. The van der Waals surface area contributed by atoms with Crippen LogP contribution in [0.5, 0.6) is 0 Å². The van der Waals surface area contributed by atoms with Gasteiger partial charge in [-0.2, -0.15) is 15.0 Å². The third kappa shape index (κ3) is 4.84. The minimum Gasteiger partial charge on any atom is -0.351 e. The molecule has 2 aliphatic rings. The highest BCUT2D eigenvalue weighted by Gasteiger charge is 2.39. The highest BCUT2D eigenvalue weighted by molar-refractivity contribution is 5.38. The van der Waals surface area contributed by atoms with Crippen molar-refractivity contribution in [1.82, 2.24) is 20.3 Å². The molecule has 0 radical (unpaired) electrons. The Morgan fingerprint density at radius 3 is 2.19 bits per heavy atom. The van der Waals surface area contributed by atoms with Gasteiger partial charge in [0.05, 0.1) is 0 Å². The topological polar surface area (TPSA) is 66.0 Å². The summed E-state index contributed by atoms with van der Waals surface area (Å²) in [4.78, 5) is 16.2. The predicted molar refractivity (Wildman–Crippen MR) is 108 cm³/mol. The van der Waals surface area contributed by atoms with Crippen molar-refractivity contribution in [2.75, 3.05) is 17.3 Å². The van der Waals surface area contributed by atoms with Gasteiger partial charge >= 0.3 is 0 Å². The van der Waals surface area contributed by atoms with Gasteiger partial charge in [-0.25, -0.2) is 0 Å². The van der Waals surface area contributed by atoms with Crippen molar-refractivity contribution >= 4 is 11.9 Å². The number of nitrogens with zero attached hydrogens (tertiary/aromatic N) is 4. The minimum absolute atomic E-state index is 0.103. The van der Waals surface area contributed by atoms with Crippen molar-refractivity contribution in [2.45, 2.75) is 103 Å². The molecule has 0 bridgehead atoms. The Labute approximate surface area is 158 Å². The summed E-state index contributed by atoms with van der Waals surface area (Å²) in [5.41, 5.74) is 0.206. The lowest BCUT2D eigenvalue weighted by Crippen LogP contribution is -2.62. The van der Waals surface area contributed by atoms with E-state index in [9.17, 15) is 0 Å². The predicted octanol–water partition coefficient (Wildman–Crippen LogP) is 3.67. The van der Waals surface area contributed by atoms with Crippen LogP contribution in [0.2, 0.25) is 0 Å². The van der Waals surface area contributed by atoms with Crippen LogP contribution < -0.4 is 15.5 Å². The van der Waals surface area contributed by atoms with Crippen molar-refractivity contribution in [3.8, 4) is 0 Å². The Kier molecular flexibility index (Phi) is 5.42. The second kappa shape index (κ2) is 7.29. The molecule has 0 amide bonds. The first-order valence-corrected chi connectivity index (χ1v) is 10.1. The molecule has 1 aromatic heterocycles. The van der Waals surface area contributed by atoms with Crippen molar-refractivity contribution in [3.05, 3.63) is 5.82 Å². The maximum Gasteiger partial charge on any atom is 0.230 e. The summed E-state index contributed by atoms with van der Waals surface area (Å²) >= 11 is 0. The van der Waals surface area contributed by atoms with Crippen LogP contribution in [-0.4, -0.2) is 45.2 Å². The maximum atomic E-state index is 4.77. The van der Waals surface area contributed by atoms with Crippen LogP contribution in [0.1, 0.15) is 78.5 Å². The highest BCUT2D eigenvalue weighted by atomic mass is 15.3. The second-order valence-corrected chi connectivity index (χ2v) is 9.55. The van der Waals surface area contributed by atoms with Gasteiger partial charge in [0, 0.05) is 30.2 Å². The average molecular weight is 361 g/mol. The van der Waals surface area contributed by atoms with Crippen LogP contribution in [0.25, 0.3) is 0 Å². The van der Waals surface area contributed by atoms with Crippen molar-refractivity contribution in [2.24, 2.45) is 0 Å². The Morgan fingerprint density at radius 2 is 1.58 bits per heavy atom. The molecule has 0 spiro atoms.